The zero-order chi connectivity index (χ0) is 11.0. The van der Waals surface area contributed by atoms with Crippen molar-refractivity contribution >= 4 is 0 Å². The van der Waals surface area contributed by atoms with E-state index in [1.807, 2.05) is 24.3 Å². The third kappa shape index (κ3) is 5.06. The van der Waals surface area contributed by atoms with Crippen LogP contribution in [0.4, 0.5) is 4.39 Å². The Hall–Kier alpha value is -0.710. The molecule has 0 spiro atoms. The van der Waals surface area contributed by atoms with Gasteiger partial charge in [-0.2, -0.15) is 0 Å². The Morgan fingerprint density at radius 2 is 1.60 bits per heavy atom. The summed E-state index contributed by atoms with van der Waals surface area (Å²) in [6.45, 7) is 1.22. The maximum Gasteiger partial charge on any atom is 0.113 e. The van der Waals surface area contributed by atoms with Gasteiger partial charge in [0.15, 0.2) is 0 Å². The Balaban J connectivity index is 1.93. The Bertz CT molecular complexity index is 217. The molecule has 0 fully saturated rings. The van der Waals surface area contributed by atoms with Crippen LogP contribution in [0.25, 0.3) is 0 Å². The quantitative estimate of drug-likeness (QED) is 0.619. The van der Waals surface area contributed by atoms with E-state index in [1.54, 1.807) is 0 Å². The molecule has 0 saturated carbocycles. The van der Waals surface area contributed by atoms with Gasteiger partial charge in [0.1, 0.15) is 6.67 Å². The van der Waals surface area contributed by atoms with Gasteiger partial charge < -0.3 is 15.2 Å². The minimum atomic E-state index is -0.443. The van der Waals surface area contributed by atoms with E-state index in [4.69, 9.17) is 15.2 Å². The lowest BCUT2D eigenvalue weighted by atomic mass is 10.00. The van der Waals surface area contributed by atoms with Crippen molar-refractivity contribution < 1.29 is 13.9 Å². The Morgan fingerprint density at radius 1 is 1.00 bits per heavy atom. The van der Waals surface area contributed by atoms with E-state index in [1.165, 1.54) is 0 Å². The minimum Gasteiger partial charge on any atom is -0.379 e. The van der Waals surface area contributed by atoms with Gasteiger partial charge in [0.25, 0.3) is 0 Å². The molecule has 0 heterocycles. The topological polar surface area (TPSA) is 44.5 Å². The van der Waals surface area contributed by atoms with E-state index in [2.05, 4.69) is 0 Å². The number of ether oxygens (including phenoxy) is 2. The summed E-state index contributed by atoms with van der Waals surface area (Å²) < 4.78 is 21.9. The van der Waals surface area contributed by atoms with Crippen molar-refractivity contribution in [1.29, 1.82) is 0 Å². The van der Waals surface area contributed by atoms with Crippen LogP contribution in [-0.2, 0) is 9.47 Å². The Morgan fingerprint density at radius 3 is 2.20 bits per heavy atom. The maximum absolute atomic E-state index is 11.6. The first-order chi connectivity index (χ1) is 7.27. The lowest BCUT2D eigenvalue weighted by Crippen LogP contribution is -2.35. The number of rotatable bonds is 8. The predicted octanol–water partition coefficient (Wildman–Crippen LogP) is 1.20. The molecule has 0 aromatic rings. The van der Waals surface area contributed by atoms with Crippen LogP contribution in [0.2, 0.25) is 0 Å². The molecule has 1 rings (SSSR count). The van der Waals surface area contributed by atoms with Crippen molar-refractivity contribution in [2.75, 3.05) is 33.1 Å². The standard InChI is InChI=1S/C11H18FNO2/c12-6-8-15-10-9-14-7-5-11(13)3-1-2-4-11/h1-4H,5-10,13H2. The average Bonchev–Trinajstić information content (AvgIpc) is 2.64. The highest BCUT2D eigenvalue weighted by Gasteiger charge is 2.19. The molecule has 0 aliphatic heterocycles. The summed E-state index contributed by atoms with van der Waals surface area (Å²) in [6.07, 6.45) is 8.53. The number of allylic oxidation sites excluding steroid dienone is 2. The van der Waals surface area contributed by atoms with E-state index < -0.39 is 6.67 Å². The largest absolute Gasteiger partial charge is 0.379 e. The summed E-state index contributed by atoms with van der Waals surface area (Å²) in [5.74, 6) is 0. The van der Waals surface area contributed by atoms with Crippen LogP contribution in [0.5, 0.6) is 0 Å². The number of nitrogens with two attached hydrogens (primary N) is 1. The first-order valence-corrected chi connectivity index (χ1v) is 5.14. The molecule has 2 N–H and O–H groups in total. The van der Waals surface area contributed by atoms with Crippen molar-refractivity contribution in [2.45, 2.75) is 12.0 Å². The van der Waals surface area contributed by atoms with Crippen LogP contribution in [0.1, 0.15) is 6.42 Å². The fourth-order valence-corrected chi connectivity index (χ4v) is 1.32. The SMILES string of the molecule is NC1(CCOCCOCCF)C=CC=C1. The number of hydrogen-bond acceptors (Lipinski definition) is 3. The van der Waals surface area contributed by atoms with Gasteiger partial charge >= 0.3 is 0 Å². The molecular weight excluding hydrogens is 197 g/mol. The van der Waals surface area contributed by atoms with Crippen LogP contribution >= 0.6 is 0 Å². The van der Waals surface area contributed by atoms with Gasteiger partial charge in [-0.25, -0.2) is 4.39 Å². The average molecular weight is 215 g/mol. The van der Waals surface area contributed by atoms with E-state index in [9.17, 15) is 4.39 Å². The molecule has 0 saturated heterocycles. The monoisotopic (exact) mass is 215 g/mol. The second kappa shape index (κ2) is 6.71. The molecule has 4 heteroatoms. The van der Waals surface area contributed by atoms with Crippen LogP contribution in [0.15, 0.2) is 24.3 Å². The molecule has 0 aromatic carbocycles. The molecule has 1 aliphatic rings. The van der Waals surface area contributed by atoms with Crippen molar-refractivity contribution in [3.63, 3.8) is 0 Å². The molecular formula is C11H18FNO2. The Kier molecular flexibility index (Phi) is 5.53. The summed E-state index contributed by atoms with van der Waals surface area (Å²) in [5.41, 5.74) is 5.64. The second-order valence-corrected chi connectivity index (χ2v) is 3.49. The van der Waals surface area contributed by atoms with E-state index in [-0.39, 0.29) is 12.1 Å². The zero-order valence-electron chi connectivity index (χ0n) is 8.82. The van der Waals surface area contributed by atoms with Gasteiger partial charge in [-0.05, 0) is 6.42 Å². The smallest absolute Gasteiger partial charge is 0.113 e. The summed E-state index contributed by atoms with van der Waals surface area (Å²) >= 11 is 0. The zero-order valence-corrected chi connectivity index (χ0v) is 8.82. The summed E-state index contributed by atoms with van der Waals surface area (Å²) in [7, 11) is 0. The molecule has 0 bridgehead atoms. The first-order valence-electron chi connectivity index (χ1n) is 5.14. The first kappa shape index (κ1) is 12.4. The predicted molar refractivity (Wildman–Crippen MR) is 57.4 cm³/mol. The molecule has 15 heavy (non-hydrogen) atoms. The van der Waals surface area contributed by atoms with Gasteiger partial charge in [0.05, 0.1) is 25.4 Å². The van der Waals surface area contributed by atoms with E-state index in [0.29, 0.717) is 19.8 Å². The highest BCUT2D eigenvalue weighted by molar-refractivity contribution is 5.28. The van der Waals surface area contributed by atoms with Crippen molar-refractivity contribution in [1.82, 2.24) is 0 Å². The third-order valence-electron chi connectivity index (χ3n) is 2.20. The highest BCUT2D eigenvalue weighted by Crippen LogP contribution is 2.15. The van der Waals surface area contributed by atoms with Crippen LogP contribution < -0.4 is 5.73 Å². The number of halogens is 1. The van der Waals surface area contributed by atoms with Crippen LogP contribution in [-0.4, -0.2) is 38.6 Å². The lowest BCUT2D eigenvalue weighted by Gasteiger charge is -2.18. The summed E-state index contributed by atoms with van der Waals surface area (Å²) in [6, 6.07) is 0. The van der Waals surface area contributed by atoms with Crippen LogP contribution in [0, 0.1) is 0 Å². The minimum absolute atomic E-state index is 0.148. The van der Waals surface area contributed by atoms with E-state index >= 15 is 0 Å². The highest BCUT2D eigenvalue weighted by atomic mass is 19.1. The van der Waals surface area contributed by atoms with Crippen LogP contribution in [0.3, 0.4) is 0 Å². The molecule has 0 amide bonds. The number of hydrogen-bond donors (Lipinski definition) is 1. The Labute approximate surface area is 89.7 Å². The van der Waals surface area contributed by atoms with Gasteiger partial charge in [-0.3, -0.25) is 0 Å². The number of alkyl halides is 1. The van der Waals surface area contributed by atoms with Gasteiger partial charge in [-0.1, -0.05) is 24.3 Å². The molecule has 0 aromatic heterocycles. The molecule has 86 valence electrons. The van der Waals surface area contributed by atoms with Gasteiger partial charge in [0.2, 0.25) is 0 Å². The maximum atomic E-state index is 11.6. The lowest BCUT2D eigenvalue weighted by molar-refractivity contribution is 0.0399. The molecule has 1 aliphatic carbocycles. The fourth-order valence-electron chi connectivity index (χ4n) is 1.32. The fraction of sp³-hybridized carbons (Fsp3) is 0.636. The molecule has 0 unspecified atom stereocenters. The molecule has 0 atom stereocenters. The van der Waals surface area contributed by atoms with Crippen molar-refractivity contribution in [2.24, 2.45) is 5.73 Å². The van der Waals surface area contributed by atoms with Gasteiger partial charge in [0, 0.05) is 6.61 Å². The molecule has 3 nitrogen and oxygen atoms in total. The third-order valence-corrected chi connectivity index (χ3v) is 2.20. The normalized spacial score (nSPS) is 17.5. The second-order valence-electron chi connectivity index (χ2n) is 3.49. The summed E-state index contributed by atoms with van der Waals surface area (Å²) in [5, 5.41) is 0. The van der Waals surface area contributed by atoms with Crippen molar-refractivity contribution in [3.05, 3.63) is 24.3 Å². The van der Waals surface area contributed by atoms with Gasteiger partial charge in [-0.15, -0.1) is 0 Å². The molecule has 0 radical (unpaired) electrons. The summed E-state index contributed by atoms with van der Waals surface area (Å²) in [4.78, 5) is 0. The van der Waals surface area contributed by atoms with E-state index in [0.717, 1.165) is 6.42 Å². The van der Waals surface area contributed by atoms with Crippen molar-refractivity contribution in [3.8, 4) is 0 Å².